The molecule has 0 atom stereocenters. The normalized spacial score (nSPS) is 9.74. The molecule has 23 heavy (non-hydrogen) atoms. The summed E-state index contributed by atoms with van der Waals surface area (Å²) < 4.78 is 5.61. The summed E-state index contributed by atoms with van der Waals surface area (Å²) in [4.78, 5) is 23.8. The molecule has 0 fully saturated rings. The molecule has 0 aliphatic carbocycles. The van der Waals surface area contributed by atoms with E-state index in [1.54, 1.807) is 36.4 Å². The minimum Gasteiger partial charge on any atom is -0.452 e. The van der Waals surface area contributed by atoms with Gasteiger partial charge in [-0.2, -0.15) is 5.26 Å². The lowest BCUT2D eigenvalue weighted by molar-refractivity contribution is -0.119. The summed E-state index contributed by atoms with van der Waals surface area (Å²) in [6.45, 7) is -0.482. The van der Waals surface area contributed by atoms with Gasteiger partial charge < -0.3 is 15.8 Å². The van der Waals surface area contributed by atoms with E-state index in [-0.39, 0.29) is 11.3 Å². The van der Waals surface area contributed by atoms with Crippen molar-refractivity contribution in [3.8, 4) is 6.07 Å². The number of esters is 1. The van der Waals surface area contributed by atoms with E-state index in [2.05, 4.69) is 21.2 Å². The second kappa shape index (κ2) is 7.42. The van der Waals surface area contributed by atoms with Crippen molar-refractivity contribution in [1.29, 1.82) is 5.26 Å². The van der Waals surface area contributed by atoms with Gasteiger partial charge in [-0.05, 0) is 30.3 Å². The number of carbonyl (C=O) groups excluding carboxylic acids is 2. The number of nitrogen functional groups attached to an aromatic ring is 1. The van der Waals surface area contributed by atoms with Crippen LogP contribution in [0.25, 0.3) is 0 Å². The molecule has 0 aliphatic rings. The van der Waals surface area contributed by atoms with Gasteiger partial charge in [0.2, 0.25) is 0 Å². The number of anilines is 2. The van der Waals surface area contributed by atoms with Crippen LogP contribution < -0.4 is 11.1 Å². The molecule has 2 aromatic rings. The van der Waals surface area contributed by atoms with Crippen LogP contribution >= 0.6 is 15.9 Å². The molecule has 3 N–H and O–H groups in total. The molecule has 0 bridgehead atoms. The van der Waals surface area contributed by atoms with E-state index in [1.807, 2.05) is 6.07 Å². The lowest BCUT2D eigenvalue weighted by atomic mass is 10.2. The zero-order valence-electron chi connectivity index (χ0n) is 11.9. The molecule has 0 spiro atoms. The van der Waals surface area contributed by atoms with Crippen LogP contribution in [0.2, 0.25) is 0 Å². The molecule has 0 heterocycles. The number of hydrogen-bond acceptors (Lipinski definition) is 5. The maximum Gasteiger partial charge on any atom is 0.340 e. The second-order valence-electron chi connectivity index (χ2n) is 4.51. The Bertz CT molecular complexity index is 799. The summed E-state index contributed by atoms with van der Waals surface area (Å²) in [7, 11) is 0. The Morgan fingerprint density at radius 1 is 1.26 bits per heavy atom. The molecule has 2 rings (SSSR count). The molecule has 1 amide bonds. The van der Waals surface area contributed by atoms with E-state index in [9.17, 15) is 9.59 Å². The van der Waals surface area contributed by atoms with Gasteiger partial charge in [0.05, 0.1) is 16.8 Å². The van der Waals surface area contributed by atoms with Crippen LogP contribution in [0, 0.1) is 11.3 Å². The van der Waals surface area contributed by atoms with Crippen molar-refractivity contribution >= 4 is 39.2 Å². The topological polar surface area (TPSA) is 105 Å². The lowest BCUT2D eigenvalue weighted by Crippen LogP contribution is -2.21. The first-order valence-corrected chi connectivity index (χ1v) is 7.31. The predicted octanol–water partition coefficient (Wildman–Crippen LogP) is 2.70. The first kappa shape index (κ1) is 16.5. The van der Waals surface area contributed by atoms with Crippen LogP contribution in [0.4, 0.5) is 11.4 Å². The Kier molecular flexibility index (Phi) is 5.33. The number of ether oxygens (including phenoxy) is 1. The molecule has 6 nitrogen and oxygen atoms in total. The Morgan fingerprint density at radius 3 is 2.74 bits per heavy atom. The van der Waals surface area contributed by atoms with E-state index in [0.717, 1.165) is 0 Å². The maximum atomic E-state index is 11.9. The number of rotatable bonds is 4. The highest BCUT2D eigenvalue weighted by molar-refractivity contribution is 9.10. The number of halogens is 1. The van der Waals surface area contributed by atoms with Crippen molar-refractivity contribution in [2.75, 3.05) is 17.7 Å². The van der Waals surface area contributed by atoms with Gasteiger partial charge in [-0.25, -0.2) is 4.79 Å². The summed E-state index contributed by atoms with van der Waals surface area (Å²) in [5, 5.41) is 11.5. The van der Waals surface area contributed by atoms with E-state index < -0.39 is 18.5 Å². The third-order valence-corrected chi connectivity index (χ3v) is 3.38. The summed E-state index contributed by atoms with van der Waals surface area (Å²) in [6.07, 6.45) is 0. The number of nitriles is 1. The molecular weight excluding hydrogens is 362 g/mol. The predicted molar refractivity (Wildman–Crippen MR) is 88.6 cm³/mol. The fourth-order valence-electron chi connectivity index (χ4n) is 1.79. The number of carbonyl (C=O) groups is 2. The van der Waals surface area contributed by atoms with Crippen LogP contribution in [-0.2, 0) is 9.53 Å². The third-order valence-electron chi connectivity index (χ3n) is 2.89. The van der Waals surface area contributed by atoms with Gasteiger partial charge >= 0.3 is 5.97 Å². The first-order chi connectivity index (χ1) is 11.0. The number of benzene rings is 2. The highest BCUT2D eigenvalue weighted by Gasteiger charge is 2.14. The van der Waals surface area contributed by atoms with Crippen LogP contribution in [-0.4, -0.2) is 18.5 Å². The fourth-order valence-corrected chi connectivity index (χ4v) is 2.15. The monoisotopic (exact) mass is 373 g/mol. The maximum absolute atomic E-state index is 11.9. The second-order valence-corrected chi connectivity index (χ2v) is 5.43. The minimum absolute atomic E-state index is 0.171. The third kappa shape index (κ3) is 4.31. The van der Waals surface area contributed by atoms with Crippen molar-refractivity contribution in [3.63, 3.8) is 0 Å². The Labute approximate surface area is 141 Å². The van der Waals surface area contributed by atoms with E-state index in [4.69, 9.17) is 15.7 Å². The van der Waals surface area contributed by atoms with Crippen molar-refractivity contribution in [1.82, 2.24) is 0 Å². The van der Waals surface area contributed by atoms with Gasteiger partial charge in [-0.15, -0.1) is 0 Å². The first-order valence-electron chi connectivity index (χ1n) is 6.52. The van der Waals surface area contributed by atoms with Crippen molar-refractivity contribution in [2.45, 2.75) is 0 Å². The fraction of sp³-hybridized carbons (Fsp3) is 0.0625. The highest BCUT2D eigenvalue weighted by atomic mass is 79.9. The Hall–Kier alpha value is -2.85. The summed E-state index contributed by atoms with van der Waals surface area (Å²) in [5.41, 5.74) is 6.81. The molecule has 2 aromatic carbocycles. The standard InChI is InChI=1S/C16H12BrN3O3/c17-11-5-6-13(19)12(7-11)16(22)23-9-15(21)20-14-4-2-1-3-10(14)8-18/h1-7H,9,19H2,(H,20,21). The van der Waals surface area contributed by atoms with Crippen molar-refractivity contribution in [2.24, 2.45) is 0 Å². The zero-order chi connectivity index (χ0) is 16.8. The van der Waals surface area contributed by atoms with Crippen LogP contribution in [0.5, 0.6) is 0 Å². The SMILES string of the molecule is N#Cc1ccccc1NC(=O)COC(=O)c1cc(Br)ccc1N. The van der Waals surface area contributed by atoms with Gasteiger partial charge in [0.25, 0.3) is 5.91 Å². The molecule has 0 unspecified atom stereocenters. The van der Waals surface area contributed by atoms with Crippen LogP contribution in [0.3, 0.4) is 0 Å². The Balaban J connectivity index is 1.98. The van der Waals surface area contributed by atoms with Gasteiger partial charge in [0.15, 0.2) is 6.61 Å². The van der Waals surface area contributed by atoms with Gasteiger partial charge in [-0.3, -0.25) is 4.79 Å². The number of amides is 1. The molecule has 7 heteroatoms. The average molecular weight is 374 g/mol. The number of nitrogens with two attached hydrogens (primary N) is 1. The summed E-state index contributed by atoms with van der Waals surface area (Å²) >= 11 is 3.23. The Morgan fingerprint density at radius 2 is 2.00 bits per heavy atom. The molecule has 0 radical (unpaired) electrons. The van der Waals surface area contributed by atoms with E-state index in [1.165, 1.54) is 6.07 Å². The lowest BCUT2D eigenvalue weighted by Gasteiger charge is -2.09. The number of nitrogens with one attached hydrogen (secondary N) is 1. The molecule has 0 aromatic heterocycles. The number of hydrogen-bond donors (Lipinski definition) is 2. The molecular formula is C16H12BrN3O3. The van der Waals surface area contributed by atoms with Crippen LogP contribution in [0.15, 0.2) is 46.9 Å². The highest BCUT2D eigenvalue weighted by Crippen LogP contribution is 2.19. The largest absolute Gasteiger partial charge is 0.452 e. The van der Waals surface area contributed by atoms with Crippen molar-refractivity contribution in [3.05, 3.63) is 58.1 Å². The molecule has 0 saturated carbocycles. The van der Waals surface area contributed by atoms with Crippen LogP contribution in [0.1, 0.15) is 15.9 Å². The molecule has 116 valence electrons. The molecule has 0 saturated heterocycles. The van der Waals surface area contributed by atoms with Gasteiger partial charge in [-0.1, -0.05) is 28.1 Å². The van der Waals surface area contributed by atoms with Gasteiger partial charge in [0, 0.05) is 10.2 Å². The minimum atomic E-state index is -0.701. The number of nitrogens with zero attached hydrogens (tertiary/aromatic N) is 1. The van der Waals surface area contributed by atoms with E-state index >= 15 is 0 Å². The van der Waals surface area contributed by atoms with Crippen molar-refractivity contribution < 1.29 is 14.3 Å². The summed E-state index contributed by atoms with van der Waals surface area (Å²) in [5.74, 6) is -1.25. The van der Waals surface area contributed by atoms with E-state index in [0.29, 0.717) is 15.7 Å². The zero-order valence-corrected chi connectivity index (χ0v) is 13.5. The smallest absolute Gasteiger partial charge is 0.340 e. The quantitative estimate of drug-likeness (QED) is 0.632. The average Bonchev–Trinajstić information content (AvgIpc) is 2.55. The summed E-state index contributed by atoms with van der Waals surface area (Å²) in [6, 6.07) is 13.3. The molecule has 0 aliphatic heterocycles. The number of para-hydroxylation sites is 1. The van der Waals surface area contributed by atoms with Gasteiger partial charge in [0.1, 0.15) is 6.07 Å².